The Kier molecular flexibility index (Phi) is 5.65. The molecule has 2 heterocycles. The summed E-state index contributed by atoms with van der Waals surface area (Å²) in [6.07, 6.45) is 12.8. The minimum absolute atomic E-state index is 0.0446. The van der Waals surface area contributed by atoms with E-state index >= 15 is 0 Å². The summed E-state index contributed by atoms with van der Waals surface area (Å²) in [7, 11) is 0. The van der Waals surface area contributed by atoms with Crippen LogP contribution in [-0.2, 0) is 4.74 Å². The van der Waals surface area contributed by atoms with Crippen LogP contribution >= 0.6 is 0 Å². The van der Waals surface area contributed by atoms with Crippen molar-refractivity contribution in [3.63, 3.8) is 0 Å². The van der Waals surface area contributed by atoms with Gasteiger partial charge in [0, 0.05) is 18.0 Å². The Morgan fingerprint density at radius 3 is 2.76 bits per heavy atom. The first-order valence-corrected chi connectivity index (χ1v) is 14.4. The highest BCUT2D eigenvalue weighted by atomic mass is 16.5. The van der Waals surface area contributed by atoms with Crippen LogP contribution < -0.4 is 16.4 Å². The fourth-order valence-corrected chi connectivity index (χ4v) is 10.2. The summed E-state index contributed by atoms with van der Waals surface area (Å²) in [6, 6.07) is 0.465. The number of ether oxygens (including phenoxy) is 1. The monoisotopic (exact) mass is 469 g/mol. The summed E-state index contributed by atoms with van der Waals surface area (Å²) in [5.74, 6) is 4.47. The van der Waals surface area contributed by atoms with Crippen LogP contribution in [0.5, 0.6) is 0 Å². The Bertz CT molecular complexity index is 871. The molecule has 5 heteroatoms. The summed E-state index contributed by atoms with van der Waals surface area (Å²) in [6.45, 7) is 11.0. The lowest BCUT2D eigenvalue weighted by Crippen LogP contribution is -2.51. The lowest BCUT2D eigenvalue weighted by atomic mass is 9.52. The molecule has 34 heavy (non-hydrogen) atoms. The summed E-state index contributed by atoms with van der Waals surface area (Å²) >= 11 is 0. The van der Waals surface area contributed by atoms with E-state index in [0.717, 1.165) is 55.4 Å². The number of nitrogens with one attached hydrogen (secondary N) is 2. The third kappa shape index (κ3) is 3.50. The molecule has 0 bridgehead atoms. The van der Waals surface area contributed by atoms with Gasteiger partial charge in [0.05, 0.1) is 11.7 Å². The standard InChI is InChI=1S/C29H47N3O2/c1-16-11-25-26(31-15-16)18(3)29(34-25)10-8-21-22-6-5-19-12-20(32-27(30)33)7-9-28(19,4)24(22)13-23(21)17(2)14-29/h16,18-22,24-26,31H,5-15H2,1-4H3,(H3,30,32,33)/t16-,18+,19+,20-,21-,22-,24-,25+,26-,28-,29-/m0/s1. The van der Waals surface area contributed by atoms with Gasteiger partial charge >= 0.3 is 6.03 Å². The molecule has 0 aromatic heterocycles. The highest BCUT2D eigenvalue weighted by Gasteiger charge is 2.59. The summed E-state index contributed by atoms with van der Waals surface area (Å²) in [4.78, 5) is 11.4. The van der Waals surface area contributed by atoms with E-state index < -0.39 is 0 Å². The number of urea groups is 1. The fourth-order valence-electron chi connectivity index (χ4n) is 10.2. The SMILES string of the molecule is CC1=C2C[C@H]3[C@@H](CC[C@@H]4C[C@@H](NC(N)=O)CC[C@@]43C)[C@@H]2CC[C@@]2(C1)O[C@@H]1C[C@H](C)CN[C@H]1[C@H]2C. The number of carbonyl (C=O) groups excluding carboxylic acids is 1. The van der Waals surface area contributed by atoms with E-state index in [2.05, 4.69) is 38.3 Å². The molecule has 5 fully saturated rings. The van der Waals surface area contributed by atoms with Gasteiger partial charge in [-0.25, -0.2) is 4.79 Å². The molecule has 190 valence electrons. The number of carbonyl (C=O) groups is 1. The molecule has 3 saturated carbocycles. The van der Waals surface area contributed by atoms with Gasteiger partial charge in [0.25, 0.3) is 0 Å². The number of piperidine rings is 1. The van der Waals surface area contributed by atoms with E-state index in [4.69, 9.17) is 10.5 Å². The molecule has 0 aromatic rings. The number of rotatable bonds is 1. The van der Waals surface area contributed by atoms with E-state index in [9.17, 15) is 4.79 Å². The van der Waals surface area contributed by atoms with Crippen LogP contribution in [0.2, 0.25) is 0 Å². The van der Waals surface area contributed by atoms with Gasteiger partial charge in [-0.2, -0.15) is 0 Å². The van der Waals surface area contributed by atoms with Crippen LogP contribution in [0.15, 0.2) is 11.1 Å². The number of fused-ring (bicyclic) bond motifs is 6. The van der Waals surface area contributed by atoms with Gasteiger partial charge in [-0.1, -0.05) is 31.9 Å². The first-order valence-electron chi connectivity index (χ1n) is 14.4. The molecule has 4 aliphatic carbocycles. The van der Waals surface area contributed by atoms with Gasteiger partial charge in [-0.05, 0) is 113 Å². The minimum atomic E-state index is -0.354. The van der Waals surface area contributed by atoms with Crippen molar-refractivity contribution in [3.8, 4) is 0 Å². The van der Waals surface area contributed by atoms with Gasteiger partial charge in [-0.15, -0.1) is 0 Å². The van der Waals surface area contributed by atoms with Crippen LogP contribution in [0.1, 0.15) is 91.9 Å². The highest BCUT2D eigenvalue weighted by Crippen LogP contribution is 2.65. The zero-order valence-electron chi connectivity index (χ0n) is 21.9. The van der Waals surface area contributed by atoms with Gasteiger partial charge in [-0.3, -0.25) is 0 Å². The van der Waals surface area contributed by atoms with Gasteiger partial charge in [0.2, 0.25) is 0 Å². The molecule has 2 amide bonds. The third-order valence-electron chi connectivity index (χ3n) is 12.0. The molecular weight excluding hydrogens is 422 g/mol. The zero-order valence-corrected chi connectivity index (χ0v) is 21.9. The number of nitrogens with two attached hydrogens (primary N) is 1. The maximum atomic E-state index is 11.4. The largest absolute Gasteiger partial charge is 0.369 e. The van der Waals surface area contributed by atoms with E-state index in [0.29, 0.717) is 23.5 Å². The predicted octanol–water partition coefficient (Wildman–Crippen LogP) is 5.15. The van der Waals surface area contributed by atoms with Crippen molar-refractivity contribution in [2.24, 2.45) is 46.7 Å². The molecule has 5 nitrogen and oxygen atoms in total. The number of allylic oxidation sites excluding steroid dienone is 1. The minimum Gasteiger partial charge on any atom is -0.369 e. The first kappa shape index (κ1) is 23.3. The molecule has 2 aliphatic heterocycles. The molecule has 4 N–H and O–H groups in total. The second kappa shape index (κ2) is 8.23. The van der Waals surface area contributed by atoms with Crippen LogP contribution in [0.25, 0.3) is 0 Å². The van der Waals surface area contributed by atoms with E-state index in [-0.39, 0.29) is 17.7 Å². The molecule has 0 radical (unpaired) electrons. The predicted molar refractivity (Wildman–Crippen MR) is 135 cm³/mol. The van der Waals surface area contributed by atoms with E-state index in [1.54, 1.807) is 5.57 Å². The number of hydrogen-bond donors (Lipinski definition) is 3. The molecule has 1 spiro atoms. The van der Waals surface area contributed by atoms with Crippen LogP contribution in [0.4, 0.5) is 4.79 Å². The average Bonchev–Trinajstić information content (AvgIpc) is 3.24. The molecule has 11 atom stereocenters. The van der Waals surface area contributed by atoms with Gasteiger partial charge in [0.15, 0.2) is 0 Å². The van der Waals surface area contributed by atoms with E-state index in [1.165, 1.54) is 44.9 Å². The molecule has 0 unspecified atom stereocenters. The van der Waals surface area contributed by atoms with Crippen LogP contribution in [0.3, 0.4) is 0 Å². The van der Waals surface area contributed by atoms with Crippen molar-refractivity contribution < 1.29 is 9.53 Å². The Hall–Kier alpha value is -1.07. The molecular formula is C29H47N3O2. The summed E-state index contributed by atoms with van der Waals surface area (Å²) in [5, 5.41) is 6.88. The first-order chi connectivity index (χ1) is 16.2. The lowest BCUT2D eigenvalue weighted by Gasteiger charge is -2.54. The number of primary amides is 1. The number of hydrogen-bond acceptors (Lipinski definition) is 3. The van der Waals surface area contributed by atoms with Gasteiger partial charge in [0.1, 0.15) is 0 Å². The smallest absolute Gasteiger partial charge is 0.312 e. The summed E-state index contributed by atoms with van der Waals surface area (Å²) in [5.41, 5.74) is 9.40. The van der Waals surface area contributed by atoms with Crippen molar-refractivity contribution in [2.45, 2.75) is 116 Å². The average molecular weight is 470 g/mol. The second-order valence-corrected chi connectivity index (χ2v) is 13.6. The quantitative estimate of drug-likeness (QED) is 0.465. The van der Waals surface area contributed by atoms with Crippen molar-refractivity contribution in [2.75, 3.05) is 6.54 Å². The zero-order chi connectivity index (χ0) is 23.8. The van der Waals surface area contributed by atoms with Crippen molar-refractivity contribution in [1.82, 2.24) is 10.6 Å². The second-order valence-electron chi connectivity index (χ2n) is 13.6. The van der Waals surface area contributed by atoms with Crippen molar-refractivity contribution >= 4 is 6.03 Å². The normalized spacial score (nSPS) is 52.4. The molecule has 6 aliphatic rings. The molecule has 6 rings (SSSR count). The Morgan fingerprint density at radius 1 is 1.15 bits per heavy atom. The van der Waals surface area contributed by atoms with E-state index in [1.807, 2.05) is 5.57 Å². The van der Waals surface area contributed by atoms with Crippen LogP contribution in [0, 0.1) is 40.9 Å². The Labute approximate surface area is 206 Å². The van der Waals surface area contributed by atoms with Crippen LogP contribution in [-0.4, -0.2) is 36.4 Å². The Morgan fingerprint density at radius 2 is 1.97 bits per heavy atom. The summed E-state index contributed by atoms with van der Waals surface area (Å²) < 4.78 is 7.04. The lowest BCUT2D eigenvalue weighted by molar-refractivity contribution is -0.0746. The highest BCUT2D eigenvalue weighted by molar-refractivity contribution is 5.71. The van der Waals surface area contributed by atoms with Crippen molar-refractivity contribution in [1.29, 1.82) is 0 Å². The Balaban J connectivity index is 1.23. The third-order valence-corrected chi connectivity index (χ3v) is 12.0. The topological polar surface area (TPSA) is 76.4 Å². The maximum absolute atomic E-state index is 11.4. The number of amides is 2. The molecule has 2 saturated heterocycles. The van der Waals surface area contributed by atoms with Crippen molar-refractivity contribution in [3.05, 3.63) is 11.1 Å². The molecule has 0 aromatic carbocycles. The maximum Gasteiger partial charge on any atom is 0.312 e. The van der Waals surface area contributed by atoms with Gasteiger partial charge < -0.3 is 21.1 Å². The fraction of sp³-hybridized carbons (Fsp3) is 0.897.